The molecule has 2 aromatic rings. The summed E-state index contributed by atoms with van der Waals surface area (Å²) in [6, 6.07) is 11.2. The molecule has 6 N–H and O–H groups in total. The van der Waals surface area contributed by atoms with Gasteiger partial charge in [-0.2, -0.15) is 4.72 Å². The maximum atomic E-state index is 12.5. The van der Waals surface area contributed by atoms with Gasteiger partial charge in [0.1, 0.15) is 24.2 Å². The minimum atomic E-state index is -4.05. The zero-order valence-corrected chi connectivity index (χ0v) is 20.2. The first-order chi connectivity index (χ1) is 17.0. The number of amides is 1. The van der Waals surface area contributed by atoms with Gasteiger partial charge in [-0.1, -0.05) is 22.9 Å². The summed E-state index contributed by atoms with van der Waals surface area (Å²) >= 11 is 0. The van der Waals surface area contributed by atoms with Crippen LogP contribution in [0.25, 0.3) is 0 Å². The number of hydrogen-bond donors (Lipinski definition) is 5. The molecular formula is C23H27N5O7S. The van der Waals surface area contributed by atoms with Gasteiger partial charge in [-0.3, -0.25) is 15.0 Å². The van der Waals surface area contributed by atoms with Crippen molar-refractivity contribution in [3.05, 3.63) is 59.7 Å². The maximum Gasteiger partial charge on any atom is 0.321 e. The number of nitrogen functional groups attached to an aromatic ring is 1. The molecule has 1 aliphatic rings. The number of carbonyl (C=O) groups is 2. The molecule has 0 fully saturated rings. The molecule has 0 radical (unpaired) electrons. The third-order valence-corrected chi connectivity index (χ3v) is 6.74. The summed E-state index contributed by atoms with van der Waals surface area (Å²) in [5.41, 5.74) is 7.34. The van der Waals surface area contributed by atoms with Crippen molar-refractivity contribution in [2.24, 2.45) is 10.9 Å². The Hall–Kier alpha value is -3.97. The first-order valence-corrected chi connectivity index (χ1v) is 12.4. The van der Waals surface area contributed by atoms with Crippen molar-refractivity contribution in [2.75, 3.05) is 13.2 Å². The second-order valence-corrected chi connectivity index (χ2v) is 9.80. The van der Waals surface area contributed by atoms with E-state index in [1.54, 1.807) is 43.3 Å². The van der Waals surface area contributed by atoms with Gasteiger partial charge in [0.15, 0.2) is 0 Å². The summed E-state index contributed by atoms with van der Waals surface area (Å²) in [6.45, 7) is 1.79. The molecule has 2 unspecified atom stereocenters. The van der Waals surface area contributed by atoms with Crippen LogP contribution in [-0.2, 0) is 24.4 Å². The van der Waals surface area contributed by atoms with Crippen LogP contribution in [0.5, 0.6) is 5.75 Å². The van der Waals surface area contributed by atoms with Crippen molar-refractivity contribution in [1.29, 1.82) is 5.41 Å². The van der Waals surface area contributed by atoms with Gasteiger partial charge in [0.05, 0.1) is 10.6 Å². The zero-order valence-electron chi connectivity index (χ0n) is 19.4. The second-order valence-electron chi connectivity index (χ2n) is 8.09. The van der Waals surface area contributed by atoms with E-state index < -0.39 is 34.0 Å². The molecule has 0 spiro atoms. The summed E-state index contributed by atoms with van der Waals surface area (Å²) in [5.74, 6) is -1.40. The monoisotopic (exact) mass is 517 g/mol. The highest BCUT2D eigenvalue weighted by atomic mass is 32.2. The number of sulfonamides is 1. The number of carboxylic acid groups (broad SMARTS) is 1. The number of carboxylic acids is 1. The normalized spacial score (nSPS) is 15.9. The first-order valence-electron chi connectivity index (χ1n) is 10.9. The number of oxime groups is 1. The summed E-state index contributed by atoms with van der Waals surface area (Å²) < 4.78 is 32.7. The molecule has 0 saturated carbocycles. The summed E-state index contributed by atoms with van der Waals surface area (Å²) in [4.78, 5) is 29.0. The Morgan fingerprint density at radius 3 is 2.50 bits per heavy atom. The molecule has 0 aliphatic carbocycles. The molecule has 2 atom stereocenters. The fourth-order valence-electron chi connectivity index (χ4n) is 3.21. The average molecular weight is 518 g/mol. The van der Waals surface area contributed by atoms with Crippen molar-refractivity contribution in [1.82, 2.24) is 10.0 Å². The minimum absolute atomic E-state index is 0.0515. The molecule has 3 rings (SSSR count). The van der Waals surface area contributed by atoms with Crippen LogP contribution in [0.2, 0.25) is 0 Å². The van der Waals surface area contributed by atoms with E-state index in [-0.39, 0.29) is 36.7 Å². The van der Waals surface area contributed by atoms with Gasteiger partial charge >= 0.3 is 5.97 Å². The third-order valence-electron chi connectivity index (χ3n) is 5.25. The van der Waals surface area contributed by atoms with E-state index in [9.17, 15) is 23.1 Å². The summed E-state index contributed by atoms with van der Waals surface area (Å²) in [5, 5.41) is 23.2. The lowest BCUT2D eigenvalue weighted by Crippen LogP contribution is -2.44. The van der Waals surface area contributed by atoms with Crippen LogP contribution in [0.1, 0.15) is 24.0 Å². The van der Waals surface area contributed by atoms with Crippen LogP contribution in [0.3, 0.4) is 0 Å². The highest BCUT2D eigenvalue weighted by Crippen LogP contribution is 2.16. The van der Waals surface area contributed by atoms with Crippen LogP contribution >= 0.6 is 0 Å². The van der Waals surface area contributed by atoms with Crippen LogP contribution in [0, 0.1) is 12.3 Å². The molecule has 0 bridgehead atoms. The topological polar surface area (TPSA) is 193 Å². The fourth-order valence-corrected chi connectivity index (χ4v) is 4.43. The van der Waals surface area contributed by atoms with Crippen LogP contribution in [0.4, 0.5) is 0 Å². The number of rotatable bonds is 12. The predicted molar refractivity (Wildman–Crippen MR) is 130 cm³/mol. The van der Waals surface area contributed by atoms with Crippen molar-refractivity contribution in [3.63, 3.8) is 0 Å². The quantitative estimate of drug-likeness (QED) is 0.201. The van der Waals surface area contributed by atoms with Gasteiger partial charge in [-0.25, -0.2) is 8.42 Å². The number of aryl methyl sites for hydroxylation is 1. The Morgan fingerprint density at radius 2 is 1.89 bits per heavy atom. The van der Waals surface area contributed by atoms with Crippen LogP contribution < -0.4 is 20.5 Å². The molecule has 1 heterocycles. The number of nitrogens with two attached hydrogens (primary N) is 1. The lowest BCUT2D eigenvalue weighted by molar-refractivity contribution is -0.139. The summed E-state index contributed by atoms with van der Waals surface area (Å²) in [6.07, 6.45) is -0.901. The fraction of sp³-hybridized carbons (Fsp3) is 0.304. The Morgan fingerprint density at radius 1 is 1.22 bits per heavy atom. The van der Waals surface area contributed by atoms with Crippen molar-refractivity contribution < 1.29 is 32.7 Å². The van der Waals surface area contributed by atoms with Gasteiger partial charge in [0, 0.05) is 18.5 Å². The van der Waals surface area contributed by atoms with Crippen LogP contribution in [0.15, 0.2) is 58.6 Å². The second kappa shape index (κ2) is 11.6. The summed E-state index contributed by atoms with van der Waals surface area (Å²) in [7, 11) is -4.05. The van der Waals surface area contributed by atoms with Gasteiger partial charge in [-0.05, 0) is 49.7 Å². The molecule has 1 aliphatic heterocycles. The number of carbonyl (C=O) groups excluding carboxylic acids is 1. The van der Waals surface area contributed by atoms with Crippen molar-refractivity contribution in [2.45, 2.75) is 36.8 Å². The number of hydrogen-bond acceptors (Lipinski definition) is 8. The van der Waals surface area contributed by atoms with Gasteiger partial charge in [0.25, 0.3) is 5.91 Å². The molecule has 1 amide bonds. The van der Waals surface area contributed by atoms with Crippen LogP contribution in [-0.4, -0.2) is 62.2 Å². The number of ether oxygens (including phenoxy) is 1. The van der Waals surface area contributed by atoms with E-state index >= 15 is 0 Å². The Kier molecular flexibility index (Phi) is 8.61. The SMILES string of the molecule is Cc1ccc(S(=O)(=O)NC(CCNC(=O)C2CC(COc3ccc(C(=N)N)cc3)=NO2)C(=O)O)cc1. The Balaban J connectivity index is 1.43. The number of benzene rings is 2. The van der Waals surface area contributed by atoms with E-state index in [2.05, 4.69) is 15.2 Å². The molecule has 12 nitrogen and oxygen atoms in total. The zero-order chi connectivity index (χ0) is 26.3. The van der Waals surface area contributed by atoms with E-state index in [1.165, 1.54) is 12.1 Å². The highest BCUT2D eigenvalue weighted by molar-refractivity contribution is 7.89. The Bertz CT molecular complexity index is 1240. The largest absolute Gasteiger partial charge is 0.488 e. The van der Waals surface area contributed by atoms with Gasteiger partial charge in [-0.15, -0.1) is 0 Å². The average Bonchev–Trinajstić information content (AvgIpc) is 3.31. The Labute approximate surface area is 208 Å². The van der Waals surface area contributed by atoms with Crippen molar-refractivity contribution in [3.8, 4) is 5.75 Å². The van der Waals surface area contributed by atoms with Crippen molar-refractivity contribution >= 4 is 33.4 Å². The third kappa shape index (κ3) is 7.26. The highest BCUT2D eigenvalue weighted by Gasteiger charge is 2.29. The van der Waals surface area contributed by atoms with E-state index in [0.717, 1.165) is 5.56 Å². The number of amidine groups is 1. The van der Waals surface area contributed by atoms with E-state index in [0.29, 0.717) is 17.0 Å². The molecule has 0 saturated heterocycles. The lowest BCUT2D eigenvalue weighted by Gasteiger charge is -2.16. The number of nitrogens with one attached hydrogen (secondary N) is 3. The predicted octanol–water partition coefficient (Wildman–Crippen LogP) is 0.741. The molecule has 0 aromatic heterocycles. The maximum absolute atomic E-state index is 12.5. The number of nitrogens with zero attached hydrogens (tertiary/aromatic N) is 1. The standard InChI is InChI=1S/C23H27N5O7S/c1-14-2-8-18(9-3-14)36(32,33)28-19(23(30)31)10-11-26-22(29)20-12-16(27-35-20)13-34-17-6-4-15(5-7-17)21(24)25/h2-9,19-20,28H,10-13H2,1H3,(H3,24,25)(H,26,29)(H,30,31). The molecule has 13 heteroatoms. The van der Waals surface area contributed by atoms with Gasteiger partial charge in [0.2, 0.25) is 16.1 Å². The first kappa shape index (κ1) is 26.6. The van der Waals surface area contributed by atoms with E-state index in [1.807, 2.05) is 0 Å². The minimum Gasteiger partial charge on any atom is -0.488 e. The smallest absolute Gasteiger partial charge is 0.321 e. The van der Waals surface area contributed by atoms with Gasteiger partial charge < -0.3 is 25.7 Å². The number of aliphatic carboxylic acids is 1. The molecule has 2 aromatic carbocycles. The van der Waals surface area contributed by atoms with E-state index in [4.69, 9.17) is 20.7 Å². The molecule has 36 heavy (non-hydrogen) atoms. The molecular weight excluding hydrogens is 490 g/mol. The molecule has 192 valence electrons. The lowest BCUT2D eigenvalue weighted by atomic mass is 10.1.